The Labute approximate surface area is 163 Å². The second kappa shape index (κ2) is 6.00. The van der Waals surface area contributed by atoms with Crippen molar-refractivity contribution in [1.82, 2.24) is 14.8 Å². The Morgan fingerprint density at radius 1 is 0.964 bits per heavy atom. The molecule has 0 aliphatic carbocycles. The first-order valence-electron chi connectivity index (χ1n) is 8.52. The van der Waals surface area contributed by atoms with Gasteiger partial charge in [0.1, 0.15) is 0 Å². The molecule has 2 aliphatic rings. The van der Waals surface area contributed by atoms with Crippen molar-refractivity contribution in [3.05, 3.63) is 70.2 Å². The Hall–Kier alpha value is -3.52. The number of nitrogens with zero attached hydrogens (tertiary/aromatic N) is 4. The van der Waals surface area contributed by atoms with E-state index < -0.39 is 17.9 Å². The second-order valence-electron chi connectivity index (χ2n) is 6.49. The summed E-state index contributed by atoms with van der Waals surface area (Å²) in [5.41, 5.74) is 1.43. The third-order valence-electron chi connectivity index (χ3n) is 4.79. The number of amides is 3. The maximum absolute atomic E-state index is 12.7. The fourth-order valence-electron chi connectivity index (χ4n) is 3.46. The fourth-order valence-corrected chi connectivity index (χ4v) is 3.59. The molecule has 0 radical (unpaired) electrons. The van der Waals surface area contributed by atoms with Gasteiger partial charge in [-0.2, -0.15) is 4.98 Å². The maximum atomic E-state index is 12.7. The van der Waals surface area contributed by atoms with E-state index in [0.29, 0.717) is 16.1 Å². The number of carbonyl (C=O) groups excluding carboxylic acids is 3. The lowest BCUT2D eigenvalue weighted by atomic mass is 10.0. The van der Waals surface area contributed by atoms with Crippen LogP contribution in [0.1, 0.15) is 38.7 Å². The molecule has 28 heavy (non-hydrogen) atoms. The molecule has 2 aliphatic heterocycles. The molecule has 9 heteroatoms. The Morgan fingerprint density at radius 3 is 2.25 bits per heavy atom. The van der Waals surface area contributed by atoms with Gasteiger partial charge in [0.25, 0.3) is 17.8 Å². The molecule has 0 spiro atoms. The van der Waals surface area contributed by atoms with E-state index in [9.17, 15) is 14.4 Å². The highest BCUT2D eigenvalue weighted by Crippen LogP contribution is 2.33. The Kier molecular flexibility index (Phi) is 3.56. The summed E-state index contributed by atoms with van der Waals surface area (Å²) in [6.45, 7) is 0. The minimum atomic E-state index is -0.488. The van der Waals surface area contributed by atoms with E-state index in [4.69, 9.17) is 11.6 Å². The molecule has 3 aromatic rings. The van der Waals surface area contributed by atoms with Gasteiger partial charge in [0.15, 0.2) is 0 Å². The number of carbonyl (C=O) groups is 3. The molecule has 1 N–H and O–H groups in total. The van der Waals surface area contributed by atoms with Crippen LogP contribution in [0.3, 0.4) is 0 Å². The summed E-state index contributed by atoms with van der Waals surface area (Å²) < 4.78 is 1.52. The summed E-state index contributed by atoms with van der Waals surface area (Å²) in [7, 11) is 0. The van der Waals surface area contributed by atoms with Gasteiger partial charge in [-0.05, 0) is 29.8 Å². The van der Waals surface area contributed by atoms with Crippen LogP contribution in [0.2, 0.25) is 5.02 Å². The van der Waals surface area contributed by atoms with E-state index in [-0.39, 0.29) is 24.2 Å². The summed E-state index contributed by atoms with van der Waals surface area (Å²) >= 11 is 5.95. The first kappa shape index (κ1) is 16.6. The number of nitrogens with one attached hydrogen (secondary N) is 1. The molecule has 2 aromatic carbocycles. The smallest absolute Gasteiger partial charge is 0.268 e. The van der Waals surface area contributed by atoms with Gasteiger partial charge < -0.3 is 0 Å². The molecule has 0 fully saturated rings. The van der Waals surface area contributed by atoms with Gasteiger partial charge in [-0.3, -0.25) is 19.7 Å². The summed E-state index contributed by atoms with van der Waals surface area (Å²) in [5.74, 6) is -1.09. The van der Waals surface area contributed by atoms with E-state index >= 15 is 0 Å². The molecular formula is C19H12ClN5O3. The third kappa shape index (κ3) is 2.42. The van der Waals surface area contributed by atoms with E-state index in [1.165, 1.54) is 4.68 Å². The number of rotatable bonds is 2. The number of hydrogen-bond donors (Lipinski definition) is 1. The van der Waals surface area contributed by atoms with E-state index in [2.05, 4.69) is 15.4 Å². The standard InChI is InChI=1S/C19H12ClN5O3/c20-11-7-5-10(6-8-11)14-9-15(26)21-18-22-19(23-25(14)18)24-16(27)12-3-1-2-4-13(12)17(24)28/h1-8,14H,9H2,(H,21,22,23,26)/t14-/m0/s1. The van der Waals surface area contributed by atoms with Crippen LogP contribution in [-0.2, 0) is 4.79 Å². The minimum Gasteiger partial charge on any atom is -0.295 e. The van der Waals surface area contributed by atoms with Crippen LogP contribution in [0.4, 0.5) is 11.9 Å². The van der Waals surface area contributed by atoms with Crippen molar-refractivity contribution in [1.29, 1.82) is 0 Å². The van der Waals surface area contributed by atoms with E-state index in [1.807, 2.05) is 0 Å². The number of hydrogen-bond acceptors (Lipinski definition) is 5. The fraction of sp³-hybridized carbons (Fsp3) is 0.105. The minimum absolute atomic E-state index is 0.0673. The number of fused-ring (bicyclic) bond motifs is 2. The monoisotopic (exact) mass is 393 g/mol. The van der Waals surface area contributed by atoms with Crippen LogP contribution >= 0.6 is 11.6 Å². The average Bonchev–Trinajstić information content (AvgIpc) is 3.21. The van der Waals surface area contributed by atoms with E-state index in [1.54, 1.807) is 48.5 Å². The number of imide groups is 1. The van der Waals surface area contributed by atoms with Crippen LogP contribution in [0.15, 0.2) is 48.5 Å². The number of aromatic nitrogens is 3. The quantitative estimate of drug-likeness (QED) is 0.675. The van der Waals surface area contributed by atoms with Crippen molar-refractivity contribution >= 4 is 41.2 Å². The van der Waals surface area contributed by atoms with Crippen LogP contribution < -0.4 is 10.2 Å². The van der Waals surface area contributed by atoms with Crippen molar-refractivity contribution < 1.29 is 14.4 Å². The lowest BCUT2D eigenvalue weighted by Crippen LogP contribution is -2.31. The average molecular weight is 394 g/mol. The lowest BCUT2D eigenvalue weighted by Gasteiger charge is -2.23. The molecule has 0 saturated carbocycles. The Balaban J connectivity index is 1.58. The molecular weight excluding hydrogens is 382 g/mol. The SMILES string of the molecule is O=C1C[C@@H](c2ccc(Cl)cc2)n2nc(N3C(=O)c4ccccc4C3=O)nc2N1. The van der Waals surface area contributed by atoms with Gasteiger partial charge >= 0.3 is 0 Å². The molecule has 1 atom stereocenters. The largest absolute Gasteiger partial charge is 0.295 e. The molecule has 0 saturated heterocycles. The molecule has 0 unspecified atom stereocenters. The van der Waals surface area contributed by atoms with Crippen molar-refractivity contribution in [2.24, 2.45) is 0 Å². The van der Waals surface area contributed by atoms with Gasteiger partial charge in [0, 0.05) is 5.02 Å². The molecule has 1 aromatic heterocycles. The normalized spacial score (nSPS) is 18.1. The van der Waals surface area contributed by atoms with Crippen LogP contribution in [0.5, 0.6) is 0 Å². The summed E-state index contributed by atoms with van der Waals surface area (Å²) in [6, 6.07) is 13.2. The highest BCUT2D eigenvalue weighted by atomic mass is 35.5. The molecule has 3 heterocycles. The van der Waals surface area contributed by atoms with Gasteiger partial charge in [-0.25, -0.2) is 9.58 Å². The molecule has 0 bridgehead atoms. The first-order valence-corrected chi connectivity index (χ1v) is 8.90. The molecule has 3 amide bonds. The van der Waals surface area contributed by atoms with Crippen LogP contribution in [-0.4, -0.2) is 32.5 Å². The summed E-state index contributed by atoms with van der Waals surface area (Å²) in [6.07, 6.45) is 0.152. The highest BCUT2D eigenvalue weighted by molar-refractivity contribution is 6.33. The maximum Gasteiger partial charge on any atom is 0.268 e. The zero-order valence-electron chi connectivity index (χ0n) is 14.3. The van der Waals surface area contributed by atoms with Crippen LogP contribution in [0.25, 0.3) is 0 Å². The molecule has 5 rings (SSSR count). The topological polar surface area (TPSA) is 97.2 Å². The van der Waals surface area contributed by atoms with Crippen molar-refractivity contribution in [3.63, 3.8) is 0 Å². The van der Waals surface area contributed by atoms with Gasteiger partial charge in [0.05, 0.1) is 23.6 Å². The third-order valence-corrected chi connectivity index (χ3v) is 5.05. The predicted octanol–water partition coefficient (Wildman–Crippen LogP) is 2.66. The van der Waals surface area contributed by atoms with E-state index in [0.717, 1.165) is 10.5 Å². The Bertz CT molecular complexity index is 1120. The summed E-state index contributed by atoms with van der Waals surface area (Å²) in [5, 5.41) is 7.59. The van der Waals surface area contributed by atoms with Crippen molar-refractivity contribution in [2.45, 2.75) is 12.5 Å². The van der Waals surface area contributed by atoms with Crippen LogP contribution in [0, 0.1) is 0 Å². The van der Waals surface area contributed by atoms with Crippen molar-refractivity contribution in [3.8, 4) is 0 Å². The number of anilines is 2. The van der Waals surface area contributed by atoms with Gasteiger partial charge in [-0.15, -0.1) is 5.10 Å². The van der Waals surface area contributed by atoms with Gasteiger partial charge in [-0.1, -0.05) is 35.9 Å². The first-order chi connectivity index (χ1) is 13.5. The second-order valence-corrected chi connectivity index (χ2v) is 6.93. The highest BCUT2D eigenvalue weighted by Gasteiger charge is 2.40. The van der Waals surface area contributed by atoms with Gasteiger partial charge in [0.2, 0.25) is 11.9 Å². The van der Waals surface area contributed by atoms with Crippen molar-refractivity contribution in [2.75, 3.05) is 10.2 Å². The lowest BCUT2D eigenvalue weighted by molar-refractivity contribution is -0.117. The Morgan fingerprint density at radius 2 is 1.61 bits per heavy atom. The number of benzene rings is 2. The zero-order chi connectivity index (χ0) is 19.4. The predicted molar refractivity (Wildman–Crippen MR) is 100 cm³/mol. The number of halogens is 1. The molecule has 138 valence electrons. The summed E-state index contributed by atoms with van der Waals surface area (Å²) in [4.78, 5) is 42.7. The molecule has 8 nitrogen and oxygen atoms in total. The zero-order valence-corrected chi connectivity index (χ0v) is 15.1.